The fourth-order valence-electron chi connectivity index (χ4n) is 0.958. The van der Waals surface area contributed by atoms with Gasteiger partial charge in [0.1, 0.15) is 0 Å². The molecule has 0 fully saturated rings. The minimum Gasteiger partial charge on any atom is -0.209 e. The van der Waals surface area contributed by atoms with Crippen molar-refractivity contribution in [3.63, 3.8) is 0 Å². The Kier molecular flexibility index (Phi) is 1.17. The second-order valence-electron chi connectivity index (χ2n) is 2.09. The normalized spacial score (nSPS) is 10.5. The predicted octanol–water partition coefficient (Wildman–Crippen LogP) is 1.73. The van der Waals surface area contributed by atoms with E-state index < -0.39 is 0 Å². The van der Waals surface area contributed by atoms with Crippen molar-refractivity contribution in [2.24, 2.45) is 0 Å². The molecule has 0 radical (unpaired) electrons. The van der Waals surface area contributed by atoms with Gasteiger partial charge >= 0.3 is 0 Å². The predicted molar refractivity (Wildman–Crippen MR) is 44.1 cm³/mol. The van der Waals surface area contributed by atoms with Gasteiger partial charge in [0.2, 0.25) is 0 Å². The van der Waals surface area contributed by atoms with E-state index in [2.05, 4.69) is 17.9 Å². The van der Waals surface area contributed by atoms with E-state index in [1.54, 1.807) is 10.3 Å². The number of rotatable bonds is 0. The molecule has 0 saturated carbocycles. The number of nitrogens with zero attached hydrogens (tertiary/aromatic N) is 2. The van der Waals surface area contributed by atoms with E-state index in [1.807, 2.05) is 24.3 Å². The Hall–Kier alpha value is -0.960. The van der Waals surface area contributed by atoms with Crippen LogP contribution >= 0.6 is 12.8 Å². The van der Waals surface area contributed by atoms with Gasteiger partial charge in [-0.25, -0.2) is 4.09 Å². The first-order valence-electron chi connectivity index (χ1n) is 3.00. The van der Waals surface area contributed by atoms with E-state index in [1.165, 1.54) is 0 Å². The Morgan fingerprint density at radius 3 is 2.90 bits per heavy atom. The molecule has 0 aliphatic carbocycles. The molecular weight excluding hydrogens is 144 g/mol. The maximum Gasteiger partial charge on any atom is 0.0808 e. The molecule has 2 nitrogen and oxygen atoms in total. The lowest BCUT2D eigenvalue weighted by Gasteiger charge is -1.88. The molecule has 2 rings (SSSR count). The van der Waals surface area contributed by atoms with Crippen molar-refractivity contribution >= 4 is 23.7 Å². The van der Waals surface area contributed by atoms with Gasteiger partial charge in [-0.15, -0.1) is 0 Å². The summed E-state index contributed by atoms with van der Waals surface area (Å²) in [5, 5.41) is 5.10. The van der Waals surface area contributed by atoms with E-state index in [4.69, 9.17) is 0 Å². The first-order chi connectivity index (χ1) is 4.88. The maximum absolute atomic E-state index is 4.11. The van der Waals surface area contributed by atoms with Crippen molar-refractivity contribution in [3.05, 3.63) is 30.5 Å². The molecule has 0 atom stereocenters. The molecule has 3 heteroatoms. The minimum atomic E-state index is 1.05. The molecule has 1 aromatic heterocycles. The lowest BCUT2D eigenvalue weighted by Crippen LogP contribution is -1.78. The molecular formula is C7H6N2S. The van der Waals surface area contributed by atoms with Crippen molar-refractivity contribution in [1.29, 1.82) is 0 Å². The number of aromatic nitrogens is 2. The van der Waals surface area contributed by atoms with Gasteiger partial charge < -0.3 is 0 Å². The van der Waals surface area contributed by atoms with E-state index in [0.717, 1.165) is 10.9 Å². The maximum atomic E-state index is 4.11. The number of benzene rings is 1. The molecule has 2 aromatic rings. The zero-order valence-electron chi connectivity index (χ0n) is 5.23. The molecule has 1 aromatic carbocycles. The summed E-state index contributed by atoms with van der Waals surface area (Å²) in [6.07, 6.45) is 1.79. The summed E-state index contributed by atoms with van der Waals surface area (Å²) < 4.78 is 1.56. The van der Waals surface area contributed by atoms with E-state index in [0.29, 0.717) is 0 Å². The van der Waals surface area contributed by atoms with Crippen LogP contribution < -0.4 is 0 Å². The average molecular weight is 150 g/mol. The van der Waals surface area contributed by atoms with Gasteiger partial charge in [0.25, 0.3) is 0 Å². The first-order valence-corrected chi connectivity index (χ1v) is 3.40. The summed E-state index contributed by atoms with van der Waals surface area (Å²) in [5.41, 5.74) is 1.05. The Labute approximate surface area is 64.0 Å². The second-order valence-corrected chi connectivity index (χ2v) is 2.47. The van der Waals surface area contributed by atoms with Crippen LogP contribution in [0.3, 0.4) is 0 Å². The molecule has 0 bridgehead atoms. The van der Waals surface area contributed by atoms with Gasteiger partial charge in [-0.2, -0.15) is 5.10 Å². The van der Waals surface area contributed by atoms with Gasteiger partial charge in [0.05, 0.1) is 11.7 Å². The average Bonchev–Trinajstić information content (AvgIpc) is 2.34. The summed E-state index contributed by atoms with van der Waals surface area (Å²) in [7, 11) is 0. The fourth-order valence-corrected chi connectivity index (χ4v) is 1.19. The molecule has 0 amide bonds. The molecule has 1 heterocycles. The molecule has 50 valence electrons. The first kappa shape index (κ1) is 5.80. The number of hydrogen-bond donors (Lipinski definition) is 1. The molecule has 0 unspecified atom stereocenters. The SMILES string of the molecule is Sn1ncc2ccccc21. The Bertz CT molecular complexity index is 353. The Morgan fingerprint density at radius 2 is 2.10 bits per heavy atom. The standard InChI is InChI=1S/C7H6N2S/c10-9-7-4-2-1-3-6(7)5-8-9/h1-5,10H. The highest BCUT2D eigenvalue weighted by atomic mass is 32.1. The van der Waals surface area contributed by atoms with Crippen LogP contribution in [-0.2, 0) is 0 Å². The number of thiol groups is 1. The molecule has 10 heavy (non-hydrogen) atoms. The van der Waals surface area contributed by atoms with Crippen molar-refractivity contribution in [2.45, 2.75) is 0 Å². The van der Waals surface area contributed by atoms with Gasteiger partial charge in [-0.3, -0.25) is 0 Å². The van der Waals surface area contributed by atoms with Crippen LogP contribution in [0, 0.1) is 0 Å². The van der Waals surface area contributed by atoms with Crippen molar-refractivity contribution in [2.75, 3.05) is 0 Å². The summed E-state index contributed by atoms with van der Waals surface area (Å²) in [6.45, 7) is 0. The molecule has 0 aliphatic rings. The lowest BCUT2D eigenvalue weighted by atomic mass is 10.3. The smallest absolute Gasteiger partial charge is 0.0808 e. The largest absolute Gasteiger partial charge is 0.209 e. The Balaban J connectivity index is 2.93. The summed E-state index contributed by atoms with van der Waals surface area (Å²) in [6, 6.07) is 7.94. The van der Waals surface area contributed by atoms with Crippen molar-refractivity contribution in [1.82, 2.24) is 9.19 Å². The number of hydrogen-bond acceptors (Lipinski definition) is 2. The third kappa shape index (κ3) is 0.708. The molecule has 0 spiro atoms. The van der Waals surface area contributed by atoms with E-state index in [9.17, 15) is 0 Å². The highest BCUT2D eigenvalue weighted by Crippen LogP contribution is 2.12. The summed E-state index contributed by atoms with van der Waals surface area (Å²) >= 11 is 4.11. The molecule has 0 N–H and O–H groups in total. The van der Waals surface area contributed by atoms with Crippen LogP contribution in [-0.4, -0.2) is 9.19 Å². The monoisotopic (exact) mass is 150 g/mol. The van der Waals surface area contributed by atoms with E-state index >= 15 is 0 Å². The van der Waals surface area contributed by atoms with Crippen LogP contribution in [0.1, 0.15) is 0 Å². The third-order valence-corrected chi connectivity index (χ3v) is 1.78. The van der Waals surface area contributed by atoms with Gasteiger partial charge in [0.15, 0.2) is 0 Å². The van der Waals surface area contributed by atoms with Crippen molar-refractivity contribution < 1.29 is 0 Å². The zero-order valence-corrected chi connectivity index (χ0v) is 6.12. The van der Waals surface area contributed by atoms with Crippen LogP contribution in [0.4, 0.5) is 0 Å². The van der Waals surface area contributed by atoms with Crippen LogP contribution in [0.15, 0.2) is 30.5 Å². The van der Waals surface area contributed by atoms with Gasteiger partial charge in [-0.05, 0) is 18.9 Å². The van der Waals surface area contributed by atoms with E-state index in [-0.39, 0.29) is 0 Å². The second kappa shape index (κ2) is 2.02. The molecule has 0 saturated heterocycles. The van der Waals surface area contributed by atoms with Gasteiger partial charge in [-0.1, -0.05) is 18.2 Å². The molecule has 0 aliphatic heterocycles. The quantitative estimate of drug-likeness (QED) is 0.566. The topological polar surface area (TPSA) is 17.8 Å². The van der Waals surface area contributed by atoms with Crippen LogP contribution in [0.5, 0.6) is 0 Å². The minimum absolute atomic E-state index is 1.05. The van der Waals surface area contributed by atoms with Crippen LogP contribution in [0.25, 0.3) is 10.9 Å². The van der Waals surface area contributed by atoms with Crippen molar-refractivity contribution in [3.8, 4) is 0 Å². The summed E-state index contributed by atoms with van der Waals surface area (Å²) in [5.74, 6) is 0. The lowest BCUT2D eigenvalue weighted by molar-refractivity contribution is 1.05. The highest BCUT2D eigenvalue weighted by Gasteiger charge is 1.94. The fraction of sp³-hybridized carbons (Fsp3) is 0. The number of fused-ring (bicyclic) bond motifs is 1. The summed E-state index contributed by atoms with van der Waals surface area (Å²) in [4.78, 5) is 0. The van der Waals surface area contributed by atoms with Gasteiger partial charge in [0, 0.05) is 5.39 Å². The number of para-hydroxylation sites is 1. The van der Waals surface area contributed by atoms with Crippen LogP contribution in [0.2, 0.25) is 0 Å². The highest BCUT2D eigenvalue weighted by molar-refractivity contribution is 7.78. The third-order valence-electron chi connectivity index (χ3n) is 1.46. The Morgan fingerprint density at radius 1 is 1.30 bits per heavy atom. The zero-order chi connectivity index (χ0) is 6.97.